The molecule has 0 spiro atoms. The van der Waals surface area contributed by atoms with Gasteiger partial charge in [-0.25, -0.2) is 12.8 Å². The van der Waals surface area contributed by atoms with E-state index in [1.165, 1.54) is 16.4 Å². The Bertz CT molecular complexity index is 527. The normalized spacial score (nSPS) is 17.9. The average molecular weight is 291 g/mol. The summed E-state index contributed by atoms with van der Waals surface area (Å²) in [4.78, 5) is 0.0415. The molecule has 1 aliphatic heterocycles. The van der Waals surface area contributed by atoms with E-state index >= 15 is 0 Å². The van der Waals surface area contributed by atoms with Gasteiger partial charge in [0.05, 0.1) is 11.5 Å². The Labute approximate surface area is 110 Å². The van der Waals surface area contributed by atoms with Gasteiger partial charge in [-0.3, -0.25) is 0 Å². The van der Waals surface area contributed by atoms with Crippen LogP contribution in [0.25, 0.3) is 0 Å². The molecule has 1 aliphatic rings. The minimum atomic E-state index is -3.57. The molecule has 100 valence electrons. The molecule has 1 N–H and O–H groups in total. The molecule has 2 rings (SSSR count). The second-order valence-electron chi connectivity index (χ2n) is 3.93. The van der Waals surface area contributed by atoms with Gasteiger partial charge >= 0.3 is 0 Å². The average Bonchev–Trinajstić information content (AvgIpc) is 2.40. The van der Waals surface area contributed by atoms with Crippen LogP contribution in [0.3, 0.4) is 0 Å². The number of rotatable bonds is 3. The summed E-state index contributed by atoms with van der Waals surface area (Å²) in [6, 6.07) is 3.52. The summed E-state index contributed by atoms with van der Waals surface area (Å²) in [5.74, 6) is 0.950. The predicted octanol–water partition coefficient (Wildman–Crippen LogP) is 1.06. The highest BCUT2D eigenvalue weighted by molar-refractivity contribution is 7.99. The first kappa shape index (κ1) is 13.8. The first-order valence-corrected chi connectivity index (χ1v) is 8.12. The van der Waals surface area contributed by atoms with Crippen LogP contribution in [0.1, 0.15) is 5.56 Å². The van der Waals surface area contributed by atoms with Crippen LogP contribution in [0.15, 0.2) is 23.1 Å². The highest BCUT2D eigenvalue weighted by Gasteiger charge is 2.26. The minimum absolute atomic E-state index is 0.00228. The summed E-state index contributed by atoms with van der Waals surface area (Å²) < 4.78 is 39.2. The van der Waals surface area contributed by atoms with Crippen molar-refractivity contribution < 1.29 is 17.9 Å². The Kier molecular flexibility index (Phi) is 4.26. The van der Waals surface area contributed by atoms with Crippen LogP contribution in [0.2, 0.25) is 0 Å². The van der Waals surface area contributed by atoms with Crippen molar-refractivity contribution in [1.29, 1.82) is 0 Å². The molecule has 1 aromatic carbocycles. The third-order valence-electron chi connectivity index (χ3n) is 2.80. The van der Waals surface area contributed by atoms with Gasteiger partial charge in [0.2, 0.25) is 10.0 Å². The maximum Gasteiger partial charge on any atom is 0.243 e. The SMILES string of the molecule is O=S(=O)(c1ccc(F)c(CO)c1)N1CCSCC1. The number of hydrogen-bond donors (Lipinski definition) is 1. The highest BCUT2D eigenvalue weighted by atomic mass is 32.2. The molecule has 0 atom stereocenters. The largest absolute Gasteiger partial charge is 0.392 e. The molecule has 4 nitrogen and oxygen atoms in total. The smallest absolute Gasteiger partial charge is 0.243 e. The molecular formula is C11H14FNO3S2. The Balaban J connectivity index is 2.34. The fourth-order valence-electron chi connectivity index (χ4n) is 1.77. The third-order valence-corrected chi connectivity index (χ3v) is 5.63. The molecule has 1 saturated heterocycles. The van der Waals surface area contributed by atoms with Crippen LogP contribution in [0.5, 0.6) is 0 Å². The Morgan fingerprint density at radius 2 is 2.00 bits per heavy atom. The summed E-state index contributed by atoms with van der Waals surface area (Å²) in [6.45, 7) is 0.433. The van der Waals surface area contributed by atoms with E-state index in [9.17, 15) is 12.8 Å². The zero-order chi connectivity index (χ0) is 13.2. The molecular weight excluding hydrogens is 277 g/mol. The van der Waals surface area contributed by atoms with E-state index < -0.39 is 22.4 Å². The summed E-state index contributed by atoms with van der Waals surface area (Å²) in [6.07, 6.45) is 0. The van der Waals surface area contributed by atoms with Crippen molar-refractivity contribution >= 4 is 21.8 Å². The van der Waals surface area contributed by atoms with Gasteiger partial charge in [0.1, 0.15) is 5.82 Å². The molecule has 0 amide bonds. The summed E-state index contributed by atoms with van der Waals surface area (Å²) in [5.41, 5.74) is 0.00228. The number of hydrogen-bond acceptors (Lipinski definition) is 4. The van der Waals surface area contributed by atoms with E-state index in [1.54, 1.807) is 11.8 Å². The number of sulfonamides is 1. The number of nitrogens with zero attached hydrogens (tertiary/aromatic N) is 1. The van der Waals surface area contributed by atoms with Crippen LogP contribution in [0, 0.1) is 5.82 Å². The zero-order valence-corrected chi connectivity index (χ0v) is 11.3. The lowest BCUT2D eigenvalue weighted by molar-refractivity contribution is 0.275. The maximum atomic E-state index is 13.2. The molecule has 7 heteroatoms. The van der Waals surface area contributed by atoms with E-state index in [-0.39, 0.29) is 10.5 Å². The van der Waals surface area contributed by atoms with Gasteiger partial charge in [0, 0.05) is 30.2 Å². The first-order chi connectivity index (χ1) is 8.55. The topological polar surface area (TPSA) is 57.6 Å². The predicted molar refractivity (Wildman–Crippen MR) is 68.4 cm³/mol. The van der Waals surface area contributed by atoms with Crippen LogP contribution < -0.4 is 0 Å². The van der Waals surface area contributed by atoms with Crippen molar-refractivity contribution in [3.8, 4) is 0 Å². The molecule has 0 aliphatic carbocycles. The molecule has 0 saturated carbocycles. The summed E-state index contributed by atoms with van der Waals surface area (Å²) in [5, 5.41) is 8.97. The van der Waals surface area contributed by atoms with Crippen molar-refractivity contribution in [1.82, 2.24) is 4.31 Å². The van der Waals surface area contributed by atoms with Gasteiger partial charge in [-0.15, -0.1) is 0 Å². The first-order valence-electron chi connectivity index (χ1n) is 5.53. The Hall–Kier alpha value is -0.630. The van der Waals surface area contributed by atoms with Crippen molar-refractivity contribution in [3.63, 3.8) is 0 Å². The Morgan fingerprint density at radius 1 is 1.33 bits per heavy atom. The zero-order valence-electron chi connectivity index (χ0n) is 9.67. The van der Waals surface area contributed by atoms with Crippen LogP contribution >= 0.6 is 11.8 Å². The van der Waals surface area contributed by atoms with E-state index in [2.05, 4.69) is 0 Å². The molecule has 1 heterocycles. The van der Waals surface area contributed by atoms with E-state index in [0.717, 1.165) is 17.6 Å². The maximum absolute atomic E-state index is 13.2. The van der Waals surface area contributed by atoms with E-state index in [4.69, 9.17) is 5.11 Å². The third kappa shape index (κ3) is 2.69. The van der Waals surface area contributed by atoms with Gasteiger partial charge in [-0.05, 0) is 18.2 Å². The quantitative estimate of drug-likeness (QED) is 0.904. The number of halogens is 1. The molecule has 0 bridgehead atoms. The molecule has 18 heavy (non-hydrogen) atoms. The summed E-state index contributed by atoms with van der Waals surface area (Å²) in [7, 11) is -3.57. The molecule has 0 unspecified atom stereocenters. The van der Waals surface area contributed by atoms with Gasteiger partial charge in [0.25, 0.3) is 0 Å². The standard InChI is InChI=1S/C11H14FNO3S2/c12-11-2-1-10(7-9(11)8-14)18(15,16)13-3-5-17-6-4-13/h1-2,7,14H,3-6,8H2. The molecule has 1 aromatic rings. The van der Waals surface area contributed by atoms with Crippen molar-refractivity contribution in [2.24, 2.45) is 0 Å². The van der Waals surface area contributed by atoms with Crippen LogP contribution in [-0.2, 0) is 16.6 Å². The van der Waals surface area contributed by atoms with Crippen LogP contribution in [0.4, 0.5) is 4.39 Å². The number of aliphatic hydroxyl groups is 1. The lowest BCUT2D eigenvalue weighted by Crippen LogP contribution is -2.37. The number of aliphatic hydroxyl groups excluding tert-OH is 1. The van der Waals surface area contributed by atoms with Crippen molar-refractivity contribution in [3.05, 3.63) is 29.6 Å². The van der Waals surface area contributed by atoms with Gasteiger partial charge in [0.15, 0.2) is 0 Å². The number of thioether (sulfide) groups is 1. The Morgan fingerprint density at radius 3 is 2.61 bits per heavy atom. The minimum Gasteiger partial charge on any atom is -0.392 e. The molecule has 0 radical (unpaired) electrons. The van der Waals surface area contributed by atoms with E-state index in [1.807, 2.05) is 0 Å². The lowest BCUT2D eigenvalue weighted by atomic mass is 10.2. The van der Waals surface area contributed by atoms with Crippen LogP contribution in [-0.4, -0.2) is 42.4 Å². The lowest BCUT2D eigenvalue weighted by Gasteiger charge is -2.25. The molecule has 1 fully saturated rings. The fraction of sp³-hybridized carbons (Fsp3) is 0.455. The monoisotopic (exact) mass is 291 g/mol. The summed E-state index contributed by atoms with van der Waals surface area (Å²) >= 11 is 1.71. The number of benzene rings is 1. The van der Waals surface area contributed by atoms with E-state index in [0.29, 0.717) is 13.1 Å². The van der Waals surface area contributed by atoms with Crippen molar-refractivity contribution in [2.45, 2.75) is 11.5 Å². The van der Waals surface area contributed by atoms with Crippen molar-refractivity contribution in [2.75, 3.05) is 24.6 Å². The second-order valence-corrected chi connectivity index (χ2v) is 7.09. The second kappa shape index (κ2) is 5.56. The van der Waals surface area contributed by atoms with Gasteiger partial charge in [-0.1, -0.05) is 0 Å². The van der Waals surface area contributed by atoms with Gasteiger partial charge < -0.3 is 5.11 Å². The fourth-order valence-corrected chi connectivity index (χ4v) is 4.40. The highest BCUT2D eigenvalue weighted by Crippen LogP contribution is 2.22. The molecule has 0 aromatic heterocycles. The van der Waals surface area contributed by atoms with Gasteiger partial charge in [-0.2, -0.15) is 16.1 Å².